The molecule has 1 aliphatic carbocycles. The summed E-state index contributed by atoms with van der Waals surface area (Å²) in [5.74, 6) is -3.11. The van der Waals surface area contributed by atoms with Gasteiger partial charge in [-0.15, -0.1) is 11.8 Å². The number of nitrogens with zero attached hydrogens (tertiary/aromatic N) is 1. The van der Waals surface area contributed by atoms with Gasteiger partial charge in [0.05, 0.1) is 23.3 Å². The Balaban J connectivity index is 1.88. The Hall–Kier alpha value is -4.50. The van der Waals surface area contributed by atoms with Gasteiger partial charge in [0, 0.05) is 43.8 Å². The van der Waals surface area contributed by atoms with Crippen molar-refractivity contribution in [2.24, 2.45) is 28.7 Å². The normalized spacial score (nSPS) is 19.3. The smallest absolute Gasteiger partial charge is 0.312 e. The molecular weight excluding hydrogens is 885 g/mol. The first kappa shape index (κ1) is 58.6. The maximum atomic E-state index is 13.7. The van der Waals surface area contributed by atoms with Gasteiger partial charge in [0.15, 0.2) is 0 Å². The summed E-state index contributed by atoms with van der Waals surface area (Å²) in [6.07, 6.45) is 6.90. The Morgan fingerprint density at radius 2 is 1.43 bits per heavy atom. The lowest BCUT2D eigenvalue weighted by molar-refractivity contribution is -0.154. The van der Waals surface area contributed by atoms with Gasteiger partial charge < -0.3 is 53.4 Å². The van der Waals surface area contributed by atoms with Crippen LogP contribution in [0.4, 0.5) is 4.79 Å². The molecule has 5 atom stereocenters. The number of hydrogen-bond acceptors (Lipinski definition) is 13. The van der Waals surface area contributed by atoms with E-state index < -0.39 is 58.6 Å². The molecule has 0 aromatic rings. The van der Waals surface area contributed by atoms with Crippen LogP contribution >= 0.6 is 11.8 Å². The van der Waals surface area contributed by atoms with Gasteiger partial charge in [-0.05, 0) is 117 Å². The van der Waals surface area contributed by atoms with E-state index in [4.69, 9.17) is 16.2 Å². The molecule has 0 radical (unpaired) electrons. The zero-order valence-corrected chi connectivity index (χ0v) is 42.0. The van der Waals surface area contributed by atoms with E-state index in [0.29, 0.717) is 58.0 Å². The fourth-order valence-electron chi connectivity index (χ4n) is 7.79. The van der Waals surface area contributed by atoms with Crippen LogP contribution in [0.1, 0.15) is 138 Å². The summed E-state index contributed by atoms with van der Waals surface area (Å²) in [6.45, 7) is 14.2. The summed E-state index contributed by atoms with van der Waals surface area (Å²) in [7, 11) is 1.84. The Morgan fingerprint density at radius 3 is 2.03 bits per heavy atom. The van der Waals surface area contributed by atoms with Crippen molar-refractivity contribution in [1.82, 2.24) is 42.1 Å². The van der Waals surface area contributed by atoms with Crippen molar-refractivity contribution in [2.75, 3.05) is 39.0 Å². The topological polar surface area (TPSA) is 302 Å². The molecule has 1 saturated carbocycles. The molecule has 1 unspecified atom stereocenters. The second-order valence-corrected chi connectivity index (χ2v) is 20.8. The van der Waals surface area contributed by atoms with E-state index in [1.165, 1.54) is 16.7 Å². The minimum Gasteiger partial charge on any atom is -0.465 e. The zero-order valence-electron chi connectivity index (χ0n) is 41.2. The summed E-state index contributed by atoms with van der Waals surface area (Å²) in [5.41, 5.74) is 10.2. The molecule has 21 heteroatoms. The number of thioether (sulfide) groups is 1. The number of rotatable bonds is 31. The van der Waals surface area contributed by atoms with E-state index in [1.807, 2.05) is 20.9 Å². The number of imide groups is 1. The fraction of sp³-hybridized carbons (Fsp3) is 0.804. The molecule has 1 saturated heterocycles. The van der Waals surface area contributed by atoms with Crippen molar-refractivity contribution in [3.05, 3.63) is 0 Å². The largest absolute Gasteiger partial charge is 0.465 e. The first-order chi connectivity index (χ1) is 31.5. The van der Waals surface area contributed by atoms with Gasteiger partial charge >= 0.3 is 12.0 Å². The van der Waals surface area contributed by atoms with Crippen LogP contribution in [0.3, 0.4) is 0 Å². The number of ether oxygens (including phenoxy) is 1. The maximum absolute atomic E-state index is 13.7. The van der Waals surface area contributed by atoms with E-state index in [9.17, 15) is 43.2 Å². The van der Waals surface area contributed by atoms with Gasteiger partial charge in [-0.3, -0.25) is 43.3 Å². The Bertz CT molecular complexity index is 1650. The Kier molecular flexibility index (Phi) is 26.3. The van der Waals surface area contributed by atoms with Crippen molar-refractivity contribution >= 4 is 65.1 Å². The van der Waals surface area contributed by atoms with Crippen LogP contribution < -0.4 is 48.7 Å². The number of carbonyl (C=O) groups is 9. The van der Waals surface area contributed by atoms with Crippen LogP contribution in [0.15, 0.2) is 0 Å². The van der Waals surface area contributed by atoms with Gasteiger partial charge in [0.25, 0.3) is 0 Å². The van der Waals surface area contributed by atoms with Crippen LogP contribution in [-0.4, -0.2) is 139 Å². The van der Waals surface area contributed by atoms with Gasteiger partial charge in [-0.1, -0.05) is 34.1 Å². The number of amides is 9. The molecular formula is C46H82N10O10S. The van der Waals surface area contributed by atoms with Gasteiger partial charge in [0.2, 0.25) is 41.4 Å². The molecule has 9 amide bonds. The highest BCUT2D eigenvalue weighted by Gasteiger charge is 2.39. The number of unbranched alkanes of at least 4 members (excludes halogenated alkanes) is 3. The molecule has 1 heterocycles. The molecule has 382 valence electrons. The molecule has 1 aliphatic heterocycles. The molecule has 0 bridgehead atoms. The van der Waals surface area contributed by atoms with E-state index >= 15 is 0 Å². The zero-order chi connectivity index (χ0) is 50.3. The van der Waals surface area contributed by atoms with Crippen LogP contribution in [0, 0.1) is 17.3 Å². The Labute approximate surface area is 401 Å². The number of hydrogen-bond donors (Lipinski definition) is 9. The molecule has 0 aromatic carbocycles. The molecule has 2 rings (SSSR count). The molecule has 67 heavy (non-hydrogen) atoms. The first-order valence-electron chi connectivity index (χ1n) is 24.1. The number of esters is 1. The molecule has 20 nitrogen and oxygen atoms in total. The lowest BCUT2D eigenvalue weighted by Gasteiger charge is -2.31. The number of nitrogens with one attached hydrogen (secondary N) is 7. The second kappa shape index (κ2) is 30.1. The van der Waals surface area contributed by atoms with Gasteiger partial charge in [-0.2, -0.15) is 0 Å². The van der Waals surface area contributed by atoms with Crippen molar-refractivity contribution in [3.8, 4) is 0 Å². The van der Waals surface area contributed by atoms with Crippen molar-refractivity contribution in [3.63, 3.8) is 0 Å². The minimum atomic E-state index is -0.943. The summed E-state index contributed by atoms with van der Waals surface area (Å²) < 4.78 is 5.51. The van der Waals surface area contributed by atoms with E-state index in [0.717, 1.165) is 25.8 Å². The minimum absolute atomic E-state index is 0.00163. The third-order valence-electron chi connectivity index (χ3n) is 11.8. The molecule has 2 fully saturated rings. The van der Waals surface area contributed by atoms with Crippen molar-refractivity contribution in [2.45, 2.75) is 180 Å². The van der Waals surface area contributed by atoms with Gasteiger partial charge in [-0.25, -0.2) is 4.79 Å². The van der Waals surface area contributed by atoms with Crippen LogP contribution in [0.25, 0.3) is 0 Å². The monoisotopic (exact) mass is 967 g/mol. The molecule has 11 N–H and O–H groups in total. The van der Waals surface area contributed by atoms with Crippen molar-refractivity contribution < 1.29 is 47.9 Å². The summed E-state index contributed by atoms with van der Waals surface area (Å²) in [6, 6.07) is -4.35. The summed E-state index contributed by atoms with van der Waals surface area (Å²) >= 11 is 1.22. The average molecular weight is 967 g/mol. The average Bonchev–Trinajstić information content (AvgIpc) is 3.52. The number of primary amides is 2. The van der Waals surface area contributed by atoms with Crippen LogP contribution in [-0.2, 0) is 43.1 Å². The highest BCUT2D eigenvalue weighted by Crippen LogP contribution is 2.28. The second-order valence-electron chi connectivity index (χ2n) is 19.5. The predicted octanol–water partition coefficient (Wildman–Crippen LogP) is 1.47. The van der Waals surface area contributed by atoms with Crippen LogP contribution in [0.5, 0.6) is 0 Å². The molecule has 2 aliphatic rings. The lowest BCUT2D eigenvalue weighted by Crippen LogP contribution is -2.56. The van der Waals surface area contributed by atoms with Crippen molar-refractivity contribution in [1.29, 1.82) is 0 Å². The number of nitrogens with two attached hydrogens (primary N) is 2. The lowest BCUT2D eigenvalue weighted by atomic mass is 9.86. The highest BCUT2D eigenvalue weighted by molar-refractivity contribution is 8.00. The molecule has 0 spiro atoms. The SMILES string of the molecule is CNCCCC[C@H](NC(=O)[C@H](CSC1CC(=O)N(CCCCCC(=O)N[C@H](C(=O)N[C@@H](CCCNC(N)=O)C(=O)NC2CCC(COC(=O)C(C)(C)C)CC2)C(C)C)C1=O)NC(C)C)C(N)=O. The fourth-order valence-corrected chi connectivity index (χ4v) is 8.99. The standard InChI is InChI=1S/C46H82N10O10S/c1-28(2)38(42(62)54-33(16-14-23-50-45(48)65)40(60)52-31-20-18-30(19-21-31)26-66-44(64)46(5,6)7)55-36(57)17-10-9-13-24-56-37(58)25-35(43(56)63)67-27-34(51-29(3)4)41(61)53-32(39(47)59)15-11-12-22-49-8/h28-35,38,49,51H,9-27H2,1-8H3,(H2,47,59)(H,52,60)(H,53,61)(H,54,62)(H,55,57)(H3,48,50,65)/t30?,31?,32-,33-,34-,35?,38-/m0/s1. The Morgan fingerprint density at radius 1 is 0.776 bits per heavy atom. The van der Waals surface area contributed by atoms with Crippen LogP contribution in [0.2, 0.25) is 0 Å². The summed E-state index contributed by atoms with van der Waals surface area (Å²) in [5, 5.41) is 19.5. The number of urea groups is 1. The van der Waals surface area contributed by atoms with E-state index in [1.54, 1.807) is 34.6 Å². The third-order valence-corrected chi connectivity index (χ3v) is 13.1. The quantitative estimate of drug-likeness (QED) is 0.0271. The predicted molar refractivity (Wildman–Crippen MR) is 257 cm³/mol. The number of carbonyl (C=O) groups excluding carboxylic acids is 9. The number of likely N-dealkylation sites (tertiary alicyclic amines) is 1. The highest BCUT2D eigenvalue weighted by atomic mass is 32.2. The van der Waals surface area contributed by atoms with Gasteiger partial charge in [0.1, 0.15) is 18.1 Å². The van der Waals surface area contributed by atoms with E-state index in [-0.39, 0.29) is 91.6 Å². The third kappa shape index (κ3) is 22.4. The summed E-state index contributed by atoms with van der Waals surface area (Å²) in [4.78, 5) is 117. The first-order valence-corrected chi connectivity index (χ1v) is 25.2. The van der Waals surface area contributed by atoms with E-state index in [2.05, 4.69) is 37.2 Å². The maximum Gasteiger partial charge on any atom is 0.312 e. The molecule has 0 aromatic heterocycles.